The number of benzene rings is 2. The van der Waals surface area contributed by atoms with Crippen molar-refractivity contribution in [3.05, 3.63) is 78.4 Å². The zero-order valence-corrected chi connectivity index (χ0v) is 16.1. The van der Waals surface area contributed by atoms with Crippen LogP contribution in [0.25, 0.3) is 10.9 Å². The van der Waals surface area contributed by atoms with Crippen LogP contribution in [0.15, 0.2) is 72.1 Å². The summed E-state index contributed by atoms with van der Waals surface area (Å²) in [6.45, 7) is 1.22. The first kappa shape index (κ1) is 18.1. The molecule has 0 radical (unpaired) electrons. The van der Waals surface area contributed by atoms with E-state index < -0.39 is 9.84 Å². The number of hydrogen-bond acceptors (Lipinski definition) is 6. The van der Waals surface area contributed by atoms with Gasteiger partial charge in [-0.25, -0.2) is 18.4 Å². The monoisotopic (exact) mass is 393 g/mol. The van der Waals surface area contributed by atoms with Crippen LogP contribution in [0.5, 0.6) is 0 Å². The second-order valence-corrected chi connectivity index (χ2v) is 8.57. The van der Waals surface area contributed by atoms with Gasteiger partial charge in [0.25, 0.3) is 0 Å². The maximum atomic E-state index is 11.8. The molecule has 142 valence electrons. The fraction of sp³-hybridized carbons (Fsp3) is 0.150. The number of nitrogens with zero attached hydrogens (tertiary/aromatic N) is 4. The van der Waals surface area contributed by atoms with E-state index >= 15 is 0 Å². The lowest BCUT2D eigenvalue weighted by atomic mass is 10.2. The van der Waals surface area contributed by atoms with E-state index in [2.05, 4.69) is 32.5 Å². The Morgan fingerprint density at radius 2 is 1.86 bits per heavy atom. The third kappa shape index (κ3) is 4.01. The molecule has 0 bridgehead atoms. The molecule has 0 unspecified atom stereocenters. The predicted octanol–water partition coefficient (Wildman–Crippen LogP) is 2.89. The maximum absolute atomic E-state index is 11.8. The smallest absolute Gasteiger partial charge is 0.175 e. The summed E-state index contributed by atoms with van der Waals surface area (Å²) in [5, 5.41) is 8.33. The summed E-state index contributed by atoms with van der Waals surface area (Å²) < 4.78 is 25.6. The van der Waals surface area contributed by atoms with Gasteiger partial charge in [-0.2, -0.15) is 5.10 Å². The van der Waals surface area contributed by atoms with Crippen LogP contribution < -0.4 is 5.32 Å². The molecular weight excluding hydrogens is 374 g/mol. The van der Waals surface area contributed by atoms with Gasteiger partial charge in [0.2, 0.25) is 0 Å². The summed E-state index contributed by atoms with van der Waals surface area (Å²) in [5.41, 5.74) is 2.87. The second kappa shape index (κ2) is 7.40. The zero-order chi connectivity index (χ0) is 19.6. The van der Waals surface area contributed by atoms with E-state index in [1.165, 1.54) is 18.1 Å². The molecule has 8 heteroatoms. The number of anilines is 1. The van der Waals surface area contributed by atoms with Gasteiger partial charge in [-0.3, -0.25) is 4.68 Å². The lowest BCUT2D eigenvalue weighted by Gasteiger charge is -2.08. The standard InChI is InChI=1S/C20H19N5O2S/c1-28(26,27)17-7-8-19-18(9-17)20(23-14-22-19)21-10-16-11-24-25(13-16)12-15-5-3-2-4-6-15/h2-9,11,13-14H,10,12H2,1H3,(H,21,22,23). The maximum Gasteiger partial charge on any atom is 0.175 e. The summed E-state index contributed by atoms with van der Waals surface area (Å²) >= 11 is 0. The molecule has 0 aliphatic rings. The molecular formula is C20H19N5O2S. The molecule has 4 rings (SSSR count). The minimum Gasteiger partial charge on any atom is -0.365 e. The predicted molar refractivity (Wildman–Crippen MR) is 108 cm³/mol. The van der Waals surface area contributed by atoms with E-state index in [4.69, 9.17) is 0 Å². The fourth-order valence-electron chi connectivity index (χ4n) is 2.95. The first-order valence-corrected chi connectivity index (χ1v) is 10.6. The molecule has 28 heavy (non-hydrogen) atoms. The van der Waals surface area contributed by atoms with Gasteiger partial charge in [-0.15, -0.1) is 0 Å². The van der Waals surface area contributed by atoms with Gasteiger partial charge in [0.1, 0.15) is 12.1 Å². The molecule has 2 heterocycles. The second-order valence-electron chi connectivity index (χ2n) is 6.56. The Kier molecular flexibility index (Phi) is 4.79. The van der Waals surface area contributed by atoms with Crippen LogP contribution in [0.1, 0.15) is 11.1 Å². The van der Waals surface area contributed by atoms with Gasteiger partial charge in [0.05, 0.1) is 23.2 Å². The Bertz CT molecular complexity index is 1220. The zero-order valence-electron chi connectivity index (χ0n) is 15.3. The Balaban J connectivity index is 1.53. The summed E-state index contributed by atoms with van der Waals surface area (Å²) in [7, 11) is -3.30. The summed E-state index contributed by atoms with van der Waals surface area (Å²) in [5.74, 6) is 0.589. The highest BCUT2D eigenvalue weighted by atomic mass is 32.2. The van der Waals surface area contributed by atoms with Gasteiger partial charge < -0.3 is 5.32 Å². The Hall–Kier alpha value is -3.26. The van der Waals surface area contributed by atoms with Crippen molar-refractivity contribution in [2.24, 2.45) is 0 Å². The molecule has 0 saturated carbocycles. The average molecular weight is 393 g/mol. The lowest BCUT2D eigenvalue weighted by molar-refractivity contribution is 0.602. The number of rotatable bonds is 6. The topological polar surface area (TPSA) is 89.8 Å². The van der Waals surface area contributed by atoms with Crippen LogP contribution in [0, 0.1) is 0 Å². The van der Waals surface area contributed by atoms with Crippen LogP contribution >= 0.6 is 0 Å². The van der Waals surface area contributed by atoms with Gasteiger partial charge in [0, 0.05) is 29.9 Å². The number of aromatic nitrogens is 4. The molecule has 0 aliphatic heterocycles. The van der Waals surface area contributed by atoms with E-state index in [9.17, 15) is 8.42 Å². The highest BCUT2D eigenvalue weighted by molar-refractivity contribution is 7.90. The third-order valence-electron chi connectivity index (χ3n) is 4.37. The van der Waals surface area contributed by atoms with E-state index in [1.54, 1.807) is 24.4 Å². The van der Waals surface area contributed by atoms with Crippen molar-refractivity contribution >= 4 is 26.6 Å². The highest BCUT2D eigenvalue weighted by Crippen LogP contribution is 2.23. The molecule has 0 spiro atoms. The van der Waals surface area contributed by atoms with Gasteiger partial charge >= 0.3 is 0 Å². The van der Waals surface area contributed by atoms with Crippen LogP contribution in [0.3, 0.4) is 0 Å². The summed E-state index contributed by atoms with van der Waals surface area (Å²) in [6.07, 6.45) is 6.43. The molecule has 2 aromatic heterocycles. The Labute approximate surface area is 163 Å². The SMILES string of the molecule is CS(=O)(=O)c1ccc2ncnc(NCc3cnn(Cc4ccccc4)c3)c2c1. The van der Waals surface area contributed by atoms with Crippen LogP contribution in [0.4, 0.5) is 5.82 Å². The minimum atomic E-state index is -3.30. The minimum absolute atomic E-state index is 0.244. The van der Waals surface area contributed by atoms with Crippen LogP contribution in [-0.2, 0) is 22.9 Å². The lowest BCUT2D eigenvalue weighted by Crippen LogP contribution is -2.03. The molecule has 0 atom stereocenters. The van der Waals surface area contributed by atoms with Gasteiger partial charge in [0.15, 0.2) is 9.84 Å². The van der Waals surface area contributed by atoms with Gasteiger partial charge in [-0.1, -0.05) is 30.3 Å². The molecule has 0 amide bonds. The van der Waals surface area contributed by atoms with Crippen LogP contribution in [-0.4, -0.2) is 34.4 Å². The highest BCUT2D eigenvalue weighted by Gasteiger charge is 2.11. The van der Waals surface area contributed by atoms with Crippen molar-refractivity contribution in [3.8, 4) is 0 Å². The largest absolute Gasteiger partial charge is 0.365 e. The summed E-state index contributed by atoms with van der Waals surface area (Å²) in [6, 6.07) is 15.0. The molecule has 4 aromatic rings. The number of nitrogens with one attached hydrogen (secondary N) is 1. The normalized spacial score (nSPS) is 11.6. The molecule has 2 aromatic carbocycles. The fourth-order valence-corrected chi connectivity index (χ4v) is 3.59. The Morgan fingerprint density at radius 3 is 2.64 bits per heavy atom. The molecule has 0 aliphatic carbocycles. The van der Waals surface area contributed by atoms with Crippen molar-refractivity contribution in [1.29, 1.82) is 0 Å². The number of sulfone groups is 1. The van der Waals surface area contributed by atoms with E-state index in [-0.39, 0.29) is 4.90 Å². The van der Waals surface area contributed by atoms with Crippen molar-refractivity contribution in [2.45, 2.75) is 18.0 Å². The first-order chi connectivity index (χ1) is 13.5. The number of hydrogen-bond donors (Lipinski definition) is 1. The van der Waals surface area contributed by atoms with E-state index in [0.717, 1.165) is 5.56 Å². The Morgan fingerprint density at radius 1 is 1.04 bits per heavy atom. The van der Waals surface area contributed by atoms with Crippen molar-refractivity contribution < 1.29 is 8.42 Å². The molecule has 1 N–H and O–H groups in total. The average Bonchev–Trinajstić information content (AvgIpc) is 3.13. The molecule has 0 fully saturated rings. The summed E-state index contributed by atoms with van der Waals surface area (Å²) in [4.78, 5) is 8.73. The van der Waals surface area contributed by atoms with Crippen molar-refractivity contribution in [3.63, 3.8) is 0 Å². The number of fused-ring (bicyclic) bond motifs is 1. The van der Waals surface area contributed by atoms with E-state index in [0.29, 0.717) is 29.8 Å². The molecule has 7 nitrogen and oxygen atoms in total. The van der Waals surface area contributed by atoms with Crippen LogP contribution in [0.2, 0.25) is 0 Å². The van der Waals surface area contributed by atoms with Crippen molar-refractivity contribution in [1.82, 2.24) is 19.7 Å². The first-order valence-electron chi connectivity index (χ1n) is 8.73. The third-order valence-corrected chi connectivity index (χ3v) is 5.48. The van der Waals surface area contributed by atoms with Crippen molar-refractivity contribution in [2.75, 3.05) is 11.6 Å². The van der Waals surface area contributed by atoms with Gasteiger partial charge in [-0.05, 0) is 23.8 Å². The quantitative estimate of drug-likeness (QED) is 0.542. The van der Waals surface area contributed by atoms with E-state index in [1.807, 2.05) is 29.1 Å². The molecule has 0 saturated heterocycles.